The molecule has 0 bridgehead atoms. The predicted octanol–water partition coefficient (Wildman–Crippen LogP) is 1.97. The minimum absolute atomic E-state index is 0.00640. The van der Waals surface area contributed by atoms with E-state index in [1.807, 2.05) is 16.8 Å². The summed E-state index contributed by atoms with van der Waals surface area (Å²) in [6.07, 6.45) is 6.04. The SMILES string of the molecule is CCn1ncnc1[C@H](C)Nc1nc(-c2cccnc2)nc2c1CCNC2. The monoisotopic (exact) mass is 350 g/mol. The number of anilines is 1. The van der Waals surface area contributed by atoms with Gasteiger partial charge in [-0.25, -0.2) is 19.6 Å². The van der Waals surface area contributed by atoms with Gasteiger partial charge in [0.2, 0.25) is 0 Å². The molecule has 3 aromatic rings. The molecule has 0 aromatic carbocycles. The molecule has 4 rings (SSSR count). The van der Waals surface area contributed by atoms with Gasteiger partial charge in [-0.05, 0) is 38.9 Å². The van der Waals surface area contributed by atoms with Gasteiger partial charge in [0.25, 0.3) is 0 Å². The molecule has 8 heteroatoms. The fourth-order valence-corrected chi connectivity index (χ4v) is 3.22. The first-order valence-electron chi connectivity index (χ1n) is 8.91. The Balaban J connectivity index is 1.72. The molecule has 0 amide bonds. The molecule has 8 nitrogen and oxygen atoms in total. The third-order valence-electron chi connectivity index (χ3n) is 4.54. The van der Waals surface area contributed by atoms with Crippen LogP contribution in [-0.2, 0) is 19.5 Å². The lowest BCUT2D eigenvalue weighted by atomic mass is 10.1. The molecular formula is C18H22N8. The third kappa shape index (κ3) is 3.15. The molecule has 1 aliphatic rings. The zero-order valence-corrected chi connectivity index (χ0v) is 15.0. The lowest BCUT2D eigenvalue weighted by molar-refractivity contribution is 0.589. The Morgan fingerprint density at radius 2 is 2.27 bits per heavy atom. The van der Waals surface area contributed by atoms with Crippen molar-refractivity contribution in [2.75, 3.05) is 11.9 Å². The van der Waals surface area contributed by atoms with Gasteiger partial charge in [-0.15, -0.1) is 0 Å². The molecule has 26 heavy (non-hydrogen) atoms. The first-order chi connectivity index (χ1) is 12.8. The van der Waals surface area contributed by atoms with Crippen molar-refractivity contribution < 1.29 is 0 Å². The summed E-state index contributed by atoms with van der Waals surface area (Å²) in [7, 11) is 0. The van der Waals surface area contributed by atoms with E-state index < -0.39 is 0 Å². The first kappa shape index (κ1) is 16.6. The zero-order chi connectivity index (χ0) is 17.9. The van der Waals surface area contributed by atoms with Crippen molar-refractivity contribution in [3.05, 3.63) is 47.9 Å². The molecule has 1 atom stereocenters. The van der Waals surface area contributed by atoms with Crippen LogP contribution in [0.15, 0.2) is 30.9 Å². The quantitative estimate of drug-likeness (QED) is 0.726. The van der Waals surface area contributed by atoms with E-state index in [1.165, 1.54) is 5.56 Å². The molecule has 1 aliphatic heterocycles. The van der Waals surface area contributed by atoms with Gasteiger partial charge < -0.3 is 10.6 Å². The van der Waals surface area contributed by atoms with Crippen molar-refractivity contribution in [2.24, 2.45) is 0 Å². The van der Waals surface area contributed by atoms with Gasteiger partial charge in [0, 0.05) is 36.6 Å². The highest BCUT2D eigenvalue weighted by Crippen LogP contribution is 2.27. The lowest BCUT2D eigenvalue weighted by Crippen LogP contribution is -2.27. The lowest BCUT2D eigenvalue weighted by Gasteiger charge is -2.23. The molecule has 0 radical (unpaired) electrons. The summed E-state index contributed by atoms with van der Waals surface area (Å²) < 4.78 is 1.90. The second-order valence-electron chi connectivity index (χ2n) is 6.29. The number of nitrogens with one attached hydrogen (secondary N) is 2. The Morgan fingerprint density at radius 3 is 3.08 bits per heavy atom. The van der Waals surface area contributed by atoms with Crippen molar-refractivity contribution in [1.82, 2.24) is 35.0 Å². The Morgan fingerprint density at radius 1 is 1.35 bits per heavy atom. The summed E-state index contributed by atoms with van der Waals surface area (Å²) in [5.41, 5.74) is 3.12. The minimum atomic E-state index is -0.00640. The standard InChI is InChI=1S/C18H22N8/c1-3-26-18(21-11-22-26)12(2)23-17-14-6-8-20-10-15(14)24-16(25-17)13-5-4-7-19-9-13/h4-5,7,9,11-12,20H,3,6,8,10H2,1-2H3,(H,23,24,25)/t12-/m0/s1. The van der Waals surface area contributed by atoms with Crippen LogP contribution in [0.25, 0.3) is 11.4 Å². The Labute approximate surface area is 152 Å². The van der Waals surface area contributed by atoms with Crippen LogP contribution in [0.1, 0.15) is 37.0 Å². The highest BCUT2D eigenvalue weighted by Gasteiger charge is 2.21. The summed E-state index contributed by atoms with van der Waals surface area (Å²) in [5, 5.41) is 11.2. The largest absolute Gasteiger partial charge is 0.360 e. The van der Waals surface area contributed by atoms with E-state index >= 15 is 0 Å². The van der Waals surface area contributed by atoms with E-state index in [0.29, 0.717) is 5.82 Å². The molecule has 134 valence electrons. The van der Waals surface area contributed by atoms with Gasteiger partial charge >= 0.3 is 0 Å². The highest BCUT2D eigenvalue weighted by atomic mass is 15.3. The number of aryl methyl sites for hydroxylation is 1. The first-order valence-corrected chi connectivity index (χ1v) is 8.91. The Kier molecular flexibility index (Phi) is 4.57. The van der Waals surface area contributed by atoms with Crippen LogP contribution in [0.2, 0.25) is 0 Å². The van der Waals surface area contributed by atoms with Crippen molar-refractivity contribution in [1.29, 1.82) is 0 Å². The van der Waals surface area contributed by atoms with E-state index in [1.54, 1.807) is 18.7 Å². The summed E-state index contributed by atoms with van der Waals surface area (Å²) >= 11 is 0. The second-order valence-corrected chi connectivity index (χ2v) is 6.29. The van der Waals surface area contributed by atoms with E-state index in [0.717, 1.165) is 49.0 Å². The van der Waals surface area contributed by atoms with Gasteiger partial charge in [0.15, 0.2) is 5.82 Å². The van der Waals surface area contributed by atoms with Crippen molar-refractivity contribution in [2.45, 2.75) is 39.4 Å². The van der Waals surface area contributed by atoms with Crippen molar-refractivity contribution >= 4 is 5.82 Å². The maximum Gasteiger partial charge on any atom is 0.163 e. The van der Waals surface area contributed by atoms with Gasteiger partial charge in [0.05, 0.1) is 11.7 Å². The molecule has 2 N–H and O–H groups in total. The zero-order valence-electron chi connectivity index (χ0n) is 15.0. The number of fused-ring (bicyclic) bond motifs is 1. The van der Waals surface area contributed by atoms with Crippen molar-refractivity contribution in [3.8, 4) is 11.4 Å². The Hall–Kier alpha value is -2.87. The fraction of sp³-hybridized carbons (Fsp3) is 0.389. The van der Waals surface area contributed by atoms with E-state index in [4.69, 9.17) is 9.97 Å². The average molecular weight is 350 g/mol. The smallest absolute Gasteiger partial charge is 0.163 e. The number of nitrogens with zero attached hydrogens (tertiary/aromatic N) is 6. The van der Waals surface area contributed by atoms with Gasteiger partial charge in [-0.1, -0.05) is 0 Å². The molecule has 0 spiro atoms. The summed E-state index contributed by atoms with van der Waals surface area (Å²) in [5.74, 6) is 2.46. The van der Waals surface area contributed by atoms with E-state index in [9.17, 15) is 0 Å². The van der Waals surface area contributed by atoms with E-state index in [2.05, 4.69) is 39.5 Å². The van der Waals surface area contributed by atoms with Crippen LogP contribution >= 0.6 is 0 Å². The molecule has 4 heterocycles. The molecule has 0 fully saturated rings. The number of pyridine rings is 1. The Bertz CT molecular complexity index is 889. The number of hydrogen-bond acceptors (Lipinski definition) is 7. The molecular weight excluding hydrogens is 328 g/mol. The van der Waals surface area contributed by atoms with Crippen LogP contribution in [0, 0.1) is 0 Å². The minimum Gasteiger partial charge on any atom is -0.360 e. The van der Waals surface area contributed by atoms with Crippen LogP contribution in [-0.4, -0.2) is 36.3 Å². The molecule has 3 aromatic heterocycles. The van der Waals surface area contributed by atoms with Gasteiger partial charge in [0.1, 0.15) is 18.0 Å². The number of aromatic nitrogens is 6. The molecule has 0 unspecified atom stereocenters. The van der Waals surface area contributed by atoms with Crippen LogP contribution in [0.4, 0.5) is 5.82 Å². The predicted molar refractivity (Wildman–Crippen MR) is 98.4 cm³/mol. The van der Waals surface area contributed by atoms with E-state index in [-0.39, 0.29) is 6.04 Å². The second kappa shape index (κ2) is 7.17. The summed E-state index contributed by atoms with van der Waals surface area (Å²) in [6, 6.07) is 3.87. The average Bonchev–Trinajstić information content (AvgIpc) is 3.17. The third-order valence-corrected chi connectivity index (χ3v) is 4.54. The normalized spacial score (nSPS) is 14.7. The van der Waals surface area contributed by atoms with Crippen LogP contribution in [0.3, 0.4) is 0 Å². The summed E-state index contributed by atoms with van der Waals surface area (Å²) in [4.78, 5) is 18.2. The van der Waals surface area contributed by atoms with Gasteiger partial charge in [-0.2, -0.15) is 5.10 Å². The number of rotatable bonds is 5. The van der Waals surface area contributed by atoms with Gasteiger partial charge in [-0.3, -0.25) is 4.98 Å². The summed E-state index contributed by atoms with van der Waals surface area (Å²) in [6.45, 7) is 6.60. The maximum atomic E-state index is 4.81. The fourth-order valence-electron chi connectivity index (χ4n) is 3.22. The number of hydrogen-bond donors (Lipinski definition) is 2. The molecule has 0 aliphatic carbocycles. The van der Waals surface area contributed by atoms with Crippen molar-refractivity contribution in [3.63, 3.8) is 0 Å². The van der Waals surface area contributed by atoms with Crippen LogP contribution in [0.5, 0.6) is 0 Å². The molecule has 0 saturated heterocycles. The maximum absolute atomic E-state index is 4.81. The molecule has 0 saturated carbocycles. The van der Waals surface area contributed by atoms with Crippen LogP contribution < -0.4 is 10.6 Å². The highest BCUT2D eigenvalue weighted by molar-refractivity contribution is 5.59. The topological polar surface area (TPSA) is 93.4 Å².